The zero-order chi connectivity index (χ0) is 25.2. The Kier molecular flexibility index (Phi) is 8.99. The number of rotatable bonds is 9. The molecule has 0 saturated heterocycles. The molecule has 7 nitrogen and oxygen atoms in total. The van der Waals surface area contributed by atoms with Gasteiger partial charge in [-0.25, -0.2) is 5.43 Å². The first kappa shape index (κ1) is 25.5. The highest BCUT2D eigenvalue weighted by Gasteiger charge is 2.09. The van der Waals surface area contributed by atoms with Crippen molar-refractivity contribution in [2.45, 2.75) is 33.3 Å². The van der Waals surface area contributed by atoms with Crippen LogP contribution in [0.25, 0.3) is 0 Å². The number of nitrogens with one attached hydrogen (secondary N) is 2. The van der Waals surface area contributed by atoms with E-state index < -0.39 is 0 Å². The van der Waals surface area contributed by atoms with E-state index in [0.29, 0.717) is 21.9 Å². The van der Waals surface area contributed by atoms with Gasteiger partial charge in [-0.2, -0.15) is 10.4 Å². The van der Waals surface area contributed by atoms with Crippen molar-refractivity contribution in [1.29, 1.82) is 5.26 Å². The molecule has 0 aliphatic carbocycles. The molecule has 0 unspecified atom stereocenters. The maximum absolute atomic E-state index is 12.2. The summed E-state index contributed by atoms with van der Waals surface area (Å²) in [6.45, 7) is 4.19. The van der Waals surface area contributed by atoms with Crippen molar-refractivity contribution >= 4 is 35.3 Å². The van der Waals surface area contributed by atoms with E-state index in [0.717, 1.165) is 22.4 Å². The van der Waals surface area contributed by atoms with Crippen LogP contribution in [0.5, 0.6) is 5.75 Å². The van der Waals surface area contributed by atoms with Gasteiger partial charge in [0.05, 0.1) is 17.8 Å². The normalized spacial score (nSPS) is 10.6. The average molecular weight is 489 g/mol. The van der Waals surface area contributed by atoms with E-state index in [1.807, 2.05) is 44.2 Å². The molecule has 3 aromatic carbocycles. The lowest BCUT2D eigenvalue weighted by Gasteiger charge is -2.10. The minimum Gasteiger partial charge on any atom is -0.488 e. The first-order valence-corrected chi connectivity index (χ1v) is 11.3. The van der Waals surface area contributed by atoms with Crippen LogP contribution in [0.15, 0.2) is 65.8 Å². The van der Waals surface area contributed by atoms with E-state index in [2.05, 4.69) is 21.9 Å². The number of hydrogen-bond acceptors (Lipinski definition) is 5. The minimum absolute atomic E-state index is 0.00830. The molecular formula is C27H25ClN4O3. The molecular weight excluding hydrogens is 464 g/mol. The number of ether oxygens (including phenoxy) is 1. The molecule has 0 saturated carbocycles. The lowest BCUT2D eigenvalue weighted by molar-refractivity contribution is -0.124. The van der Waals surface area contributed by atoms with Crippen LogP contribution in [0.2, 0.25) is 5.02 Å². The van der Waals surface area contributed by atoms with Crippen LogP contribution < -0.4 is 15.5 Å². The Bertz CT molecular complexity index is 1280. The Morgan fingerprint density at radius 2 is 1.80 bits per heavy atom. The number of benzene rings is 3. The second-order valence-corrected chi connectivity index (χ2v) is 8.30. The van der Waals surface area contributed by atoms with Crippen LogP contribution in [0, 0.1) is 25.2 Å². The van der Waals surface area contributed by atoms with E-state index in [4.69, 9.17) is 21.6 Å². The fourth-order valence-electron chi connectivity index (χ4n) is 3.14. The average Bonchev–Trinajstić information content (AvgIpc) is 2.85. The first-order chi connectivity index (χ1) is 16.9. The van der Waals surface area contributed by atoms with Crippen LogP contribution in [0.1, 0.15) is 40.7 Å². The van der Waals surface area contributed by atoms with Gasteiger partial charge in [-0.3, -0.25) is 9.59 Å². The van der Waals surface area contributed by atoms with Crippen molar-refractivity contribution in [1.82, 2.24) is 5.43 Å². The van der Waals surface area contributed by atoms with Crippen molar-refractivity contribution in [2.24, 2.45) is 5.10 Å². The fourth-order valence-corrected chi connectivity index (χ4v) is 3.32. The van der Waals surface area contributed by atoms with E-state index >= 15 is 0 Å². The third-order valence-electron chi connectivity index (χ3n) is 5.30. The van der Waals surface area contributed by atoms with Crippen molar-refractivity contribution in [2.75, 3.05) is 5.32 Å². The standard InChI is InChI=1S/C27H25ClN4O3/c1-18-4-3-5-24(19(18)2)31-26(33)12-13-27(34)32-30-16-22-14-23(28)10-11-25(22)35-17-21-8-6-20(15-29)7-9-21/h3-11,14,16H,12-13,17H2,1-2H3,(H,31,33)(H,32,34). The highest BCUT2D eigenvalue weighted by atomic mass is 35.5. The topological polar surface area (TPSA) is 104 Å². The molecule has 0 bridgehead atoms. The lowest BCUT2D eigenvalue weighted by atomic mass is 10.1. The maximum Gasteiger partial charge on any atom is 0.240 e. The predicted molar refractivity (Wildman–Crippen MR) is 136 cm³/mol. The Morgan fingerprint density at radius 3 is 2.54 bits per heavy atom. The van der Waals surface area contributed by atoms with E-state index in [9.17, 15) is 9.59 Å². The molecule has 0 aliphatic rings. The summed E-state index contributed by atoms with van der Waals surface area (Å²) in [4.78, 5) is 24.3. The summed E-state index contributed by atoms with van der Waals surface area (Å²) in [7, 11) is 0. The van der Waals surface area contributed by atoms with E-state index in [1.165, 1.54) is 6.21 Å². The number of halogens is 1. The van der Waals surface area contributed by atoms with Gasteiger partial charge in [-0.1, -0.05) is 35.9 Å². The molecule has 35 heavy (non-hydrogen) atoms. The summed E-state index contributed by atoms with van der Waals surface area (Å²) >= 11 is 6.10. The van der Waals surface area contributed by atoms with Gasteiger partial charge in [0.1, 0.15) is 12.4 Å². The third-order valence-corrected chi connectivity index (χ3v) is 5.54. The van der Waals surface area contributed by atoms with Gasteiger partial charge in [0.15, 0.2) is 0 Å². The second-order valence-electron chi connectivity index (χ2n) is 7.87. The molecule has 0 radical (unpaired) electrons. The quantitative estimate of drug-likeness (QED) is 0.316. The SMILES string of the molecule is Cc1cccc(NC(=O)CCC(=O)NN=Cc2cc(Cl)ccc2OCc2ccc(C#N)cc2)c1C. The highest BCUT2D eigenvalue weighted by Crippen LogP contribution is 2.23. The number of hydrogen-bond donors (Lipinski definition) is 2. The number of amides is 2. The van der Waals surface area contributed by atoms with Gasteiger partial charge in [0.25, 0.3) is 0 Å². The number of nitriles is 1. The Morgan fingerprint density at radius 1 is 1.06 bits per heavy atom. The molecule has 0 aromatic heterocycles. The van der Waals surface area contributed by atoms with Gasteiger partial charge in [0.2, 0.25) is 11.8 Å². The molecule has 8 heteroatoms. The van der Waals surface area contributed by atoms with Gasteiger partial charge in [0, 0.05) is 29.1 Å². The van der Waals surface area contributed by atoms with Crippen molar-refractivity contribution in [3.63, 3.8) is 0 Å². The van der Waals surface area contributed by atoms with Crippen molar-refractivity contribution < 1.29 is 14.3 Å². The molecule has 0 fully saturated rings. The Hall–Kier alpha value is -4.15. The molecule has 3 aromatic rings. The monoisotopic (exact) mass is 488 g/mol. The molecule has 178 valence electrons. The maximum atomic E-state index is 12.2. The van der Waals surface area contributed by atoms with Crippen LogP contribution >= 0.6 is 11.6 Å². The summed E-state index contributed by atoms with van der Waals surface area (Å²) < 4.78 is 5.86. The van der Waals surface area contributed by atoms with Crippen LogP contribution in [0.4, 0.5) is 5.69 Å². The molecule has 0 heterocycles. The summed E-state index contributed by atoms with van der Waals surface area (Å²) in [6.07, 6.45) is 1.46. The lowest BCUT2D eigenvalue weighted by Crippen LogP contribution is -2.21. The highest BCUT2D eigenvalue weighted by molar-refractivity contribution is 6.30. The minimum atomic E-state index is -0.389. The Labute approximate surface area is 209 Å². The second kappa shape index (κ2) is 12.4. The predicted octanol–water partition coefficient (Wildman–Crippen LogP) is 5.28. The summed E-state index contributed by atoms with van der Waals surface area (Å²) in [5, 5.41) is 16.2. The van der Waals surface area contributed by atoms with Gasteiger partial charge >= 0.3 is 0 Å². The molecule has 2 amide bonds. The summed E-state index contributed by atoms with van der Waals surface area (Å²) in [6, 6.07) is 19.9. The fraction of sp³-hybridized carbons (Fsp3) is 0.185. The number of carbonyl (C=O) groups excluding carboxylic acids is 2. The number of carbonyl (C=O) groups is 2. The summed E-state index contributed by atoms with van der Waals surface area (Å²) in [5.74, 6) is -0.102. The van der Waals surface area contributed by atoms with E-state index in [1.54, 1.807) is 30.3 Å². The largest absolute Gasteiger partial charge is 0.488 e. The number of anilines is 1. The molecule has 0 atom stereocenters. The van der Waals surface area contributed by atoms with Crippen LogP contribution in [-0.4, -0.2) is 18.0 Å². The van der Waals surface area contributed by atoms with Crippen LogP contribution in [0.3, 0.4) is 0 Å². The Balaban J connectivity index is 1.52. The van der Waals surface area contributed by atoms with Crippen molar-refractivity contribution in [3.05, 3.63) is 93.5 Å². The molecule has 2 N–H and O–H groups in total. The van der Waals surface area contributed by atoms with Crippen LogP contribution in [-0.2, 0) is 16.2 Å². The number of nitrogens with zero attached hydrogens (tertiary/aromatic N) is 2. The zero-order valence-electron chi connectivity index (χ0n) is 19.5. The summed E-state index contributed by atoms with van der Waals surface area (Å²) in [5.41, 5.74) is 7.29. The molecule has 0 spiro atoms. The number of aryl methyl sites for hydroxylation is 1. The van der Waals surface area contributed by atoms with E-state index in [-0.39, 0.29) is 31.3 Å². The molecule has 0 aliphatic heterocycles. The molecule has 3 rings (SSSR count). The third kappa shape index (κ3) is 7.70. The van der Waals surface area contributed by atoms with Gasteiger partial charge in [-0.05, 0) is 66.9 Å². The van der Waals surface area contributed by atoms with Gasteiger partial charge in [-0.15, -0.1) is 0 Å². The zero-order valence-corrected chi connectivity index (χ0v) is 20.2. The van der Waals surface area contributed by atoms with Crippen molar-refractivity contribution in [3.8, 4) is 11.8 Å². The first-order valence-electron chi connectivity index (χ1n) is 10.9. The van der Waals surface area contributed by atoms with Gasteiger partial charge < -0.3 is 10.1 Å². The number of hydrazone groups is 1. The smallest absolute Gasteiger partial charge is 0.240 e.